The van der Waals surface area contributed by atoms with E-state index in [1.807, 2.05) is 12.1 Å². The number of hydrogen-bond donors (Lipinski definition) is 1. The third-order valence-electron chi connectivity index (χ3n) is 7.84. The first-order chi connectivity index (χ1) is 15.3. The van der Waals surface area contributed by atoms with Gasteiger partial charge in [0, 0.05) is 11.1 Å². The predicted molar refractivity (Wildman–Crippen MR) is 134 cm³/mol. The minimum absolute atomic E-state index is 0.0976. The minimum Gasteiger partial charge on any atom is -0.418 e. The van der Waals surface area contributed by atoms with Gasteiger partial charge in [-0.05, 0) is 62.5 Å². The van der Waals surface area contributed by atoms with Gasteiger partial charge in [0.1, 0.15) is 11.5 Å². The molecule has 0 amide bonds. The van der Waals surface area contributed by atoms with Crippen molar-refractivity contribution in [1.82, 2.24) is 0 Å². The molecule has 4 heteroatoms. The van der Waals surface area contributed by atoms with Gasteiger partial charge in [0.25, 0.3) is 0 Å². The standard InChI is InChI=1S/C28H39O3P/c1-21-11-13-25(23(19-21)27(3)15-7-5-8-16-27)30-32(29)31-26-14-12-22(2)20-24(26)28(4)17-9-6-10-18-28/h11-14,19-20,29H,5-10,15-18H2,1-4H3. The highest BCUT2D eigenvalue weighted by atomic mass is 31.2. The van der Waals surface area contributed by atoms with E-state index in [9.17, 15) is 4.89 Å². The molecule has 2 aliphatic carbocycles. The van der Waals surface area contributed by atoms with Crippen molar-refractivity contribution in [2.24, 2.45) is 0 Å². The Morgan fingerprint density at radius 3 is 1.41 bits per heavy atom. The summed E-state index contributed by atoms with van der Waals surface area (Å²) in [6, 6.07) is 12.6. The highest BCUT2D eigenvalue weighted by Gasteiger charge is 2.34. The van der Waals surface area contributed by atoms with Crippen LogP contribution in [0.1, 0.15) is 100 Å². The summed E-state index contributed by atoms with van der Waals surface area (Å²) in [6.07, 6.45) is 12.3. The van der Waals surface area contributed by atoms with E-state index in [2.05, 4.69) is 52.0 Å². The Balaban J connectivity index is 1.57. The van der Waals surface area contributed by atoms with Crippen LogP contribution in [0.3, 0.4) is 0 Å². The molecule has 32 heavy (non-hydrogen) atoms. The molecule has 2 aromatic carbocycles. The lowest BCUT2D eigenvalue weighted by molar-refractivity contribution is 0.302. The van der Waals surface area contributed by atoms with Crippen molar-refractivity contribution >= 4 is 8.60 Å². The van der Waals surface area contributed by atoms with Gasteiger partial charge in [-0.2, -0.15) is 0 Å². The summed E-state index contributed by atoms with van der Waals surface area (Å²) in [6.45, 7) is 8.94. The number of aryl methyl sites for hydroxylation is 2. The molecule has 2 aliphatic rings. The van der Waals surface area contributed by atoms with E-state index in [0.717, 1.165) is 37.2 Å². The summed E-state index contributed by atoms with van der Waals surface area (Å²) in [5.41, 5.74) is 5.08. The quantitative estimate of drug-likeness (QED) is 0.445. The van der Waals surface area contributed by atoms with Crippen LogP contribution < -0.4 is 9.05 Å². The first-order valence-corrected chi connectivity index (χ1v) is 13.5. The van der Waals surface area contributed by atoms with E-state index < -0.39 is 8.60 Å². The van der Waals surface area contributed by atoms with Gasteiger partial charge in [-0.25, -0.2) is 0 Å². The van der Waals surface area contributed by atoms with Crippen molar-refractivity contribution in [3.8, 4) is 11.5 Å². The average molecular weight is 455 g/mol. The van der Waals surface area contributed by atoms with Gasteiger partial charge in [0.05, 0.1) is 0 Å². The molecule has 0 bridgehead atoms. The molecule has 0 atom stereocenters. The Kier molecular flexibility index (Phi) is 7.18. The smallest absolute Gasteiger partial charge is 0.418 e. The first-order valence-electron chi connectivity index (χ1n) is 12.4. The number of benzene rings is 2. The van der Waals surface area contributed by atoms with E-state index in [4.69, 9.17) is 9.05 Å². The predicted octanol–water partition coefficient (Wildman–Crippen LogP) is 8.42. The maximum absolute atomic E-state index is 10.9. The van der Waals surface area contributed by atoms with Crippen LogP contribution in [0.2, 0.25) is 0 Å². The van der Waals surface area contributed by atoms with Crippen molar-refractivity contribution in [2.45, 2.75) is 103 Å². The zero-order valence-corrected chi connectivity index (χ0v) is 21.1. The Hall–Kier alpha value is -1.57. The fraction of sp³-hybridized carbons (Fsp3) is 0.571. The van der Waals surface area contributed by atoms with Gasteiger partial charge < -0.3 is 13.9 Å². The van der Waals surface area contributed by atoms with Gasteiger partial charge in [0.15, 0.2) is 0 Å². The van der Waals surface area contributed by atoms with Crippen molar-refractivity contribution in [2.75, 3.05) is 0 Å². The Morgan fingerprint density at radius 2 is 1.03 bits per heavy atom. The largest absolute Gasteiger partial charge is 0.460 e. The van der Waals surface area contributed by atoms with Crippen LogP contribution in [-0.2, 0) is 10.8 Å². The number of hydrogen-bond acceptors (Lipinski definition) is 3. The molecule has 2 fully saturated rings. The lowest BCUT2D eigenvalue weighted by atomic mass is 9.70. The fourth-order valence-corrected chi connectivity index (χ4v) is 6.47. The van der Waals surface area contributed by atoms with Crippen LogP contribution in [0, 0.1) is 13.8 Å². The Bertz CT molecular complexity index is 851. The molecule has 2 saturated carbocycles. The molecule has 3 nitrogen and oxygen atoms in total. The van der Waals surface area contributed by atoms with Crippen molar-refractivity contribution in [3.05, 3.63) is 58.7 Å². The summed E-state index contributed by atoms with van der Waals surface area (Å²) in [7, 11) is -2.07. The monoisotopic (exact) mass is 454 g/mol. The van der Waals surface area contributed by atoms with Crippen molar-refractivity contribution < 1.29 is 13.9 Å². The second-order valence-electron chi connectivity index (χ2n) is 10.7. The second-order valence-corrected chi connectivity index (χ2v) is 11.5. The SMILES string of the molecule is Cc1ccc(OP(O)Oc2ccc(C)cc2C2(C)CCCCC2)c(C2(C)CCCCC2)c1. The van der Waals surface area contributed by atoms with Gasteiger partial charge >= 0.3 is 8.60 Å². The molecule has 174 valence electrons. The molecule has 2 aromatic rings. The molecule has 0 unspecified atom stereocenters. The summed E-state index contributed by atoms with van der Waals surface area (Å²) in [4.78, 5) is 10.9. The average Bonchev–Trinajstić information content (AvgIpc) is 2.77. The maximum Gasteiger partial charge on any atom is 0.460 e. The van der Waals surface area contributed by atoms with Gasteiger partial charge in [-0.1, -0.05) is 87.8 Å². The second kappa shape index (κ2) is 9.74. The van der Waals surface area contributed by atoms with Crippen LogP contribution in [0.5, 0.6) is 11.5 Å². The molecule has 4 rings (SSSR count). The Labute approximate surface area is 195 Å². The Morgan fingerprint density at radius 1 is 0.656 bits per heavy atom. The summed E-state index contributed by atoms with van der Waals surface area (Å²) >= 11 is 0. The fourth-order valence-electron chi connectivity index (χ4n) is 5.78. The van der Waals surface area contributed by atoms with Gasteiger partial charge in [-0.3, -0.25) is 0 Å². The van der Waals surface area contributed by atoms with Gasteiger partial charge in [0.2, 0.25) is 0 Å². The van der Waals surface area contributed by atoms with Crippen molar-refractivity contribution in [1.29, 1.82) is 0 Å². The third-order valence-corrected chi connectivity index (χ3v) is 8.54. The van der Waals surface area contributed by atoms with Crippen molar-refractivity contribution in [3.63, 3.8) is 0 Å². The summed E-state index contributed by atoms with van der Waals surface area (Å²) in [5, 5.41) is 0. The molecule has 0 aliphatic heterocycles. The van der Waals surface area contributed by atoms with Crippen LogP contribution in [0.15, 0.2) is 36.4 Å². The first kappa shape index (κ1) is 23.6. The van der Waals surface area contributed by atoms with Gasteiger partial charge in [-0.15, -0.1) is 0 Å². The summed E-state index contributed by atoms with van der Waals surface area (Å²) < 4.78 is 12.3. The molecule has 0 radical (unpaired) electrons. The van der Waals surface area contributed by atoms with E-state index in [-0.39, 0.29) is 10.8 Å². The van der Waals surface area contributed by atoms with E-state index >= 15 is 0 Å². The molecule has 0 spiro atoms. The number of rotatable bonds is 6. The van der Waals surface area contributed by atoms with Crippen LogP contribution in [0.25, 0.3) is 0 Å². The van der Waals surface area contributed by atoms with E-state index in [0.29, 0.717) is 0 Å². The third kappa shape index (κ3) is 5.15. The topological polar surface area (TPSA) is 38.7 Å². The summed E-state index contributed by atoms with van der Waals surface area (Å²) in [5.74, 6) is 1.54. The van der Waals surface area contributed by atoms with Crippen LogP contribution in [0.4, 0.5) is 0 Å². The highest BCUT2D eigenvalue weighted by Crippen LogP contribution is 2.49. The molecular formula is C28H39O3P. The van der Waals surface area contributed by atoms with E-state index in [1.165, 1.54) is 60.8 Å². The van der Waals surface area contributed by atoms with Crippen LogP contribution >= 0.6 is 8.60 Å². The normalized spacial score (nSPS) is 20.2. The minimum atomic E-state index is -2.07. The molecule has 1 N–H and O–H groups in total. The van der Waals surface area contributed by atoms with E-state index in [1.54, 1.807) is 0 Å². The lowest BCUT2D eigenvalue weighted by Gasteiger charge is -2.36. The van der Waals surface area contributed by atoms with Crippen LogP contribution in [-0.4, -0.2) is 4.89 Å². The molecule has 0 heterocycles. The highest BCUT2D eigenvalue weighted by molar-refractivity contribution is 7.41. The molecule has 0 saturated heterocycles. The zero-order valence-electron chi connectivity index (χ0n) is 20.2. The maximum atomic E-state index is 10.9. The molecule has 0 aromatic heterocycles. The lowest BCUT2D eigenvalue weighted by Crippen LogP contribution is -2.26. The zero-order chi connectivity index (χ0) is 22.8. The molecular weight excluding hydrogens is 415 g/mol.